The number of benzene rings is 2. The molecule has 1 N–H and O–H groups in total. The first-order valence-electron chi connectivity index (χ1n) is 8.21. The van der Waals surface area contributed by atoms with Gasteiger partial charge in [0.2, 0.25) is 5.78 Å². The molecule has 4 rings (SSSR count). The van der Waals surface area contributed by atoms with Gasteiger partial charge in [-0.05, 0) is 41.8 Å². The second-order valence-corrected chi connectivity index (χ2v) is 7.56. The van der Waals surface area contributed by atoms with Crippen molar-refractivity contribution >= 4 is 40.1 Å². The summed E-state index contributed by atoms with van der Waals surface area (Å²) in [6.45, 7) is 0. The van der Waals surface area contributed by atoms with Gasteiger partial charge in [-0.1, -0.05) is 24.3 Å². The summed E-state index contributed by atoms with van der Waals surface area (Å²) >= 11 is 2.93. The maximum Gasteiger partial charge on any atom is 0.256 e. The molecule has 4 aromatic rings. The van der Waals surface area contributed by atoms with E-state index in [0.29, 0.717) is 21.7 Å². The lowest BCUT2D eigenvalue weighted by Crippen LogP contribution is -2.16. The first-order valence-corrected chi connectivity index (χ1v) is 9.97. The van der Waals surface area contributed by atoms with Crippen LogP contribution >= 0.6 is 22.7 Å². The highest BCUT2D eigenvalue weighted by molar-refractivity contribution is 7.13. The van der Waals surface area contributed by atoms with Gasteiger partial charge in [-0.15, -0.1) is 22.7 Å². The van der Waals surface area contributed by atoms with Crippen LogP contribution in [0.5, 0.6) is 0 Å². The van der Waals surface area contributed by atoms with Gasteiger partial charge in [-0.25, -0.2) is 4.98 Å². The minimum atomic E-state index is -0.308. The van der Waals surface area contributed by atoms with Crippen LogP contribution in [0.2, 0.25) is 0 Å². The van der Waals surface area contributed by atoms with Crippen molar-refractivity contribution in [3.63, 3.8) is 0 Å². The number of ketones is 1. The van der Waals surface area contributed by atoms with E-state index < -0.39 is 0 Å². The third kappa shape index (κ3) is 3.72. The first kappa shape index (κ1) is 17.3. The lowest BCUT2D eigenvalue weighted by atomic mass is 10.0. The molecule has 1 amide bonds. The van der Waals surface area contributed by atoms with E-state index in [0.717, 1.165) is 10.6 Å². The highest BCUT2D eigenvalue weighted by Crippen LogP contribution is 2.24. The summed E-state index contributed by atoms with van der Waals surface area (Å²) in [6, 6.07) is 17.9. The van der Waals surface area contributed by atoms with Crippen LogP contribution in [0.15, 0.2) is 77.6 Å². The van der Waals surface area contributed by atoms with Gasteiger partial charge in [-0.3, -0.25) is 9.59 Å². The average Bonchev–Trinajstić information content (AvgIpc) is 3.42. The largest absolute Gasteiger partial charge is 0.322 e. The molecule has 0 radical (unpaired) electrons. The predicted molar refractivity (Wildman–Crippen MR) is 110 cm³/mol. The quantitative estimate of drug-likeness (QED) is 0.467. The van der Waals surface area contributed by atoms with Gasteiger partial charge < -0.3 is 5.32 Å². The maximum absolute atomic E-state index is 12.8. The Bertz CT molecular complexity index is 1070. The van der Waals surface area contributed by atoms with E-state index >= 15 is 0 Å². The molecule has 0 atom stereocenters. The Morgan fingerprint density at radius 3 is 2.26 bits per heavy atom. The van der Waals surface area contributed by atoms with Crippen molar-refractivity contribution in [3.05, 3.63) is 93.6 Å². The summed E-state index contributed by atoms with van der Waals surface area (Å²) in [7, 11) is 0. The van der Waals surface area contributed by atoms with Gasteiger partial charge in [0.1, 0.15) is 5.01 Å². The molecule has 0 aliphatic carbocycles. The number of nitrogens with zero attached hydrogens (tertiary/aromatic N) is 1. The van der Waals surface area contributed by atoms with Crippen LogP contribution in [0, 0.1) is 0 Å². The molecule has 0 unspecified atom stereocenters. The van der Waals surface area contributed by atoms with E-state index in [-0.39, 0.29) is 11.7 Å². The number of aromatic nitrogens is 1. The zero-order valence-electron chi connectivity index (χ0n) is 14.1. The van der Waals surface area contributed by atoms with Gasteiger partial charge in [0, 0.05) is 28.4 Å². The number of nitrogens with one attached hydrogen (secondary N) is 1. The fourth-order valence-electron chi connectivity index (χ4n) is 2.68. The number of amides is 1. The monoisotopic (exact) mass is 390 g/mol. The number of thiophene rings is 1. The van der Waals surface area contributed by atoms with Crippen molar-refractivity contribution in [3.8, 4) is 10.6 Å². The fraction of sp³-hybridized carbons (Fsp3) is 0. The normalized spacial score (nSPS) is 10.5. The smallest absolute Gasteiger partial charge is 0.256 e. The Morgan fingerprint density at radius 2 is 1.59 bits per heavy atom. The molecule has 0 bridgehead atoms. The molecule has 0 saturated heterocycles. The minimum absolute atomic E-state index is 0.144. The molecule has 2 heterocycles. The summed E-state index contributed by atoms with van der Waals surface area (Å²) in [5.74, 6) is -0.452. The van der Waals surface area contributed by atoms with Crippen molar-refractivity contribution in [2.24, 2.45) is 0 Å². The van der Waals surface area contributed by atoms with Gasteiger partial charge in [0.05, 0.1) is 10.4 Å². The highest BCUT2D eigenvalue weighted by Gasteiger charge is 2.18. The van der Waals surface area contributed by atoms with Gasteiger partial charge in [0.25, 0.3) is 5.91 Å². The third-order valence-electron chi connectivity index (χ3n) is 3.98. The zero-order chi connectivity index (χ0) is 18.6. The van der Waals surface area contributed by atoms with E-state index in [2.05, 4.69) is 10.3 Å². The van der Waals surface area contributed by atoms with Crippen molar-refractivity contribution in [2.75, 3.05) is 5.32 Å². The molecule has 132 valence electrons. The minimum Gasteiger partial charge on any atom is -0.322 e. The summed E-state index contributed by atoms with van der Waals surface area (Å²) in [6.07, 6.45) is 1.76. The molecular weight excluding hydrogens is 376 g/mol. The Labute approximate surface area is 164 Å². The van der Waals surface area contributed by atoms with Crippen LogP contribution in [0.3, 0.4) is 0 Å². The Balaban J connectivity index is 1.56. The number of carbonyl (C=O) groups excluding carboxylic acids is 2. The number of hydrogen-bond donors (Lipinski definition) is 1. The number of anilines is 1. The molecule has 0 aliphatic heterocycles. The van der Waals surface area contributed by atoms with Crippen LogP contribution in [-0.2, 0) is 0 Å². The maximum atomic E-state index is 12.8. The second kappa shape index (κ2) is 7.65. The number of thiazole rings is 1. The molecule has 27 heavy (non-hydrogen) atoms. The van der Waals surface area contributed by atoms with Crippen LogP contribution in [0.25, 0.3) is 10.6 Å². The number of rotatable bonds is 5. The molecule has 2 aromatic heterocycles. The van der Waals surface area contributed by atoms with Crippen LogP contribution in [0.1, 0.15) is 25.6 Å². The molecule has 6 heteroatoms. The molecule has 4 nitrogen and oxygen atoms in total. The van der Waals surface area contributed by atoms with Crippen LogP contribution < -0.4 is 5.32 Å². The third-order valence-corrected chi connectivity index (χ3v) is 5.67. The molecule has 0 spiro atoms. The SMILES string of the molecule is O=C(Nc1ccc(-c2nccs2)cc1)c1ccccc1C(=O)c1cccs1. The number of carbonyl (C=O) groups is 2. The zero-order valence-corrected chi connectivity index (χ0v) is 15.7. The predicted octanol–water partition coefficient (Wildman–Crippen LogP) is 5.35. The first-order chi connectivity index (χ1) is 13.2. The van der Waals surface area contributed by atoms with E-state index in [9.17, 15) is 9.59 Å². The fourth-order valence-corrected chi connectivity index (χ4v) is 4.00. The van der Waals surface area contributed by atoms with Gasteiger partial charge >= 0.3 is 0 Å². The van der Waals surface area contributed by atoms with Gasteiger partial charge in [0.15, 0.2) is 0 Å². The topological polar surface area (TPSA) is 59.1 Å². The summed E-state index contributed by atoms with van der Waals surface area (Å²) in [5, 5.41) is 7.57. The van der Waals surface area contributed by atoms with Gasteiger partial charge in [-0.2, -0.15) is 0 Å². The average molecular weight is 390 g/mol. The highest BCUT2D eigenvalue weighted by atomic mass is 32.1. The molecule has 0 aliphatic rings. The number of hydrogen-bond acceptors (Lipinski definition) is 5. The van der Waals surface area contributed by atoms with E-state index in [4.69, 9.17) is 0 Å². The Hall–Kier alpha value is -3.09. The van der Waals surface area contributed by atoms with Crippen molar-refractivity contribution in [1.29, 1.82) is 0 Å². The lowest BCUT2D eigenvalue weighted by molar-refractivity contribution is 0.0998. The lowest BCUT2D eigenvalue weighted by Gasteiger charge is -2.09. The van der Waals surface area contributed by atoms with E-state index in [1.807, 2.05) is 41.1 Å². The van der Waals surface area contributed by atoms with E-state index in [1.165, 1.54) is 11.3 Å². The summed E-state index contributed by atoms with van der Waals surface area (Å²) in [5.41, 5.74) is 2.42. The Morgan fingerprint density at radius 1 is 0.815 bits per heavy atom. The summed E-state index contributed by atoms with van der Waals surface area (Å²) < 4.78 is 0. The Kier molecular flexibility index (Phi) is 4.91. The van der Waals surface area contributed by atoms with Crippen molar-refractivity contribution in [2.45, 2.75) is 0 Å². The van der Waals surface area contributed by atoms with Crippen LogP contribution in [0.4, 0.5) is 5.69 Å². The second-order valence-electron chi connectivity index (χ2n) is 5.72. The molecule has 0 fully saturated rings. The molecular formula is C21H14N2O2S2. The standard InChI is InChI=1S/C21H14N2O2S2/c24-19(18-6-3-12-26-18)16-4-1-2-5-17(16)20(25)23-15-9-7-14(8-10-15)21-22-11-13-27-21/h1-13H,(H,23,25). The van der Waals surface area contributed by atoms with Crippen molar-refractivity contribution in [1.82, 2.24) is 4.98 Å². The van der Waals surface area contributed by atoms with Crippen molar-refractivity contribution < 1.29 is 9.59 Å². The van der Waals surface area contributed by atoms with Crippen LogP contribution in [-0.4, -0.2) is 16.7 Å². The van der Waals surface area contributed by atoms with E-state index in [1.54, 1.807) is 47.9 Å². The molecule has 0 saturated carbocycles. The molecule has 2 aromatic carbocycles. The summed E-state index contributed by atoms with van der Waals surface area (Å²) in [4.78, 5) is 30.3.